The minimum Gasteiger partial charge on any atom is -0.396 e. The third kappa shape index (κ3) is 2.29. The van der Waals surface area contributed by atoms with Crippen LogP contribution in [-0.4, -0.2) is 11.7 Å². The molecule has 0 heterocycles. The molecule has 0 bridgehead atoms. The van der Waals surface area contributed by atoms with E-state index in [2.05, 4.69) is 6.92 Å². The molecule has 1 aromatic rings. The predicted molar refractivity (Wildman–Crippen MR) is 56.7 cm³/mol. The van der Waals surface area contributed by atoms with Crippen LogP contribution >= 0.6 is 34.8 Å². The third-order valence-electron chi connectivity index (χ3n) is 1.71. The fourth-order valence-electron chi connectivity index (χ4n) is 1.01. The smallest absolute Gasteiger partial charge is 0.0642 e. The number of aliphatic hydroxyl groups excluding tert-OH is 1. The summed E-state index contributed by atoms with van der Waals surface area (Å²) in [4.78, 5) is 0. The molecular formula is C9H8Cl3O. The molecule has 1 atom stereocenters. The molecule has 1 unspecified atom stereocenters. The van der Waals surface area contributed by atoms with Crippen LogP contribution < -0.4 is 0 Å². The van der Waals surface area contributed by atoms with Crippen LogP contribution in [0.15, 0.2) is 12.1 Å². The first-order valence-corrected chi connectivity index (χ1v) is 4.78. The number of halogens is 3. The quantitative estimate of drug-likeness (QED) is 0.781. The molecule has 1 rings (SSSR count). The summed E-state index contributed by atoms with van der Waals surface area (Å²) in [5.74, 6) is -0.348. The Bertz CT molecular complexity index is 312. The van der Waals surface area contributed by atoms with Crippen molar-refractivity contribution in [2.45, 2.75) is 5.92 Å². The van der Waals surface area contributed by atoms with Crippen molar-refractivity contribution in [3.63, 3.8) is 0 Å². The molecule has 0 aliphatic carbocycles. The lowest BCUT2D eigenvalue weighted by Crippen LogP contribution is -2.01. The highest BCUT2D eigenvalue weighted by Gasteiger charge is 2.15. The molecule has 1 N–H and O–H groups in total. The highest BCUT2D eigenvalue weighted by atomic mass is 35.5. The third-order valence-corrected chi connectivity index (χ3v) is 2.86. The van der Waals surface area contributed by atoms with Gasteiger partial charge in [-0.1, -0.05) is 34.8 Å². The lowest BCUT2D eigenvalue weighted by atomic mass is 10.0. The Labute approximate surface area is 92.2 Å². The number of aliphatic hydroxyl groups is 1. The zero-order chi connectivity index (χ0) is 10.0. The second-order valence-electron chi connectivity index (χ2n) is 2.64. The topological polar surface area (TPSA) is 20.2 Å². The largest absolute Gasteiger partial charge is 0.396 e. The molecule has 0 amide bonds. The number of benzene rings is 1. The van der Waals surface area contributed by atoms with Crippen LogP contribution in [0.4, 0.5) is 0 Å². The molecule has 4 heteroatoms. The summed E-state index contributed by atoms with van der Waals surface area (Å²) < 4.78 is 0. The first-order valence-electron chi connectivity index (χ1n) is 3.65. The van der Waals surface area contributed by atoms with Gasteiger partial charge in [-0.25, -0.2) is 0 Å². The van der Waals surface area contributed by atoms with Crippen molar-refractivity contribution in [1.29, 1.82) is 0 Å². The Kier molecular flexibility index (Phi) is 3.87. The van der Waals surface area contributed by atoms with Gasteiger partial charge in [-0.3, -0.25) is 0 Å². The highest BCUT2D eigenvalue weighted by Crippen LogP contribution is 2.35. The van der Waals surface area contributed by atoms with Crippen LogP contribution in [0.3, 0.4) is 0 Å². The molecule has 0 saturated heterocycles. The van der Waals surface area contributed by atoms with E-state index in [1.54, 1.807) is 12.1 Å². The Balaban J connectivity index is 3.25. The van der Waals surface area contributed by atoms with Crippen molar-refractivity contribution in [2.75, 3.05) is 6.61 Å². The summed E-state index contributed by atoms with van der Waals surface area (Å²) in [6, 6.07) is 3.25. The summed E-state index contributed by atoms with van der Waals surface area (Å²) in [6.07, 6.45) is 0. The summed E-state index contributed by atoms with van der Waals surface area (Å²) in [5, 5.41) is 10.2. The number of hydrogen-bond acceptors (Lipinski definition) is 1. The molecule has 0 aliphatic rings. The summed E-state index contributed by atoms with van der Waals surface area (Å²) >= 11 is 17.6. The van der Waals surface area contributed by atoms with Gasteiger partial charge in [-0.15, -0.1) is 0 Å². The molecule has 0 spiro atoms. The van der Waals surface area contributed by atoms with Gasteiger partial charge in [0.1, 0.15) is 0 Å². The molecule has 1 nitrogen and oxygen atoms in total. The average molecular weight is 239 g/mol. The van der Waals surface area contributed by atoms with E-state index in [1.807, 2.05) is 0 Å². The second kappa shape index (κ2) is 4.52. The Hall–Kier alpha value is 0.0500. The van der Waals surface area contributed by atoms with E-state index in [1.165, 1.54) is 0 Å². The second-order valence-corrected chi connectivity index (χ2v) is 3.83. The fourth-order valence-corrected chi connectivity index (χ4v) is 1.85. The van der Waals surface area contributed by atoms with Gasteiger partial charge in [0.25, 0.3) is 0 Å². The standard InChI is InChI=1S/C9H8Cl3O/c1-5(4-13)8-6(10)2-3-7(11)9(8)12/h2-3,5,13H,1,4H2. The molecule has 0 aromatic heterocycles. The van der Waals surface area contributed by atoms with E-state index in [4.69, 9.17) is 39.9 Å². The average Bonchev–Trinajstić information content (AvgIpc) is 2.12. The van der Waals surface area contributed by atoms with Crippen LogP contribution in [0, 0.1) is 6.92 Å². The highest BCUT2D eigenvalue weighted by molar-refractivity contribution is 6.44. The van der Waals surface area contributed by atoms with Gasteiger partial charge in [0.05, 0.1) is 16.7 Å². The van der Waals surface area contributed by atoms with Gasteiger partial charge in [0, 0.05) is 10.9 Å². The van der Waals surface area contributed by atoms with Crippen molar-refractivity contribution >= 4 is 34.8 Å². The molecule has 0 saturated carbocycles. The van der Waals surface area contributed by atoms with Crippen LogP contribution in [0.2, 0.25) is 15.1 Å². The SMILES string of the molecule is [CH2]C(CO)c1c(Cl)ccc(Cl)c1Cl. The van der Waals surface area contributed by atoms with Crippen molar-refractivity contribution in [1.82, 2.24) is 0 Å². The van der Waals surface area contributed by atoms with Crippen LogP contribution in [0.5, 0.6) is 0 Å². The molecule has 0 fully saturated rings. The first kappa shape index (κ1) is 11.1. The predicted octanol–water partition coefficient (Wildman–Crippen LogP) is 3.56. The van der Waals surface area contributed by atoms with E-state index in [0.717, 1.165) is 0 Å². The van der Waals surface area contributed by atoms with Gasteiger partial charge < -0.3 is 5.11 Å². The van der Waals surface area contributed by atoms with Gasteiger partial charge in [-0.05, 0) is 24.6 Å². The lowest BCUT2D eigenvalue weighted by molar-refractivity contribution is 0.282. The summed E-state index contributed by atoms with van der Waals surface area (Å²) in [7, 11) is 0. The fraction of sp³-hybridized carbons (Fsp3) is 0.222. The molecule has 0 aliphatic heterocycles. The van der Waals surface area contributed by atoms with Gasteiger partial charge in [-0.2, -0.15) is 0 Å². The van der Waals surface area contributed by atoms with E-state index < -0.39 is 0 Å². The van der Waals surface area contributed by atoms with Crippen molar-refractivity contribution < 1.29 is 5.11 Å². The van der Waals surface area contributed by atoms with Crippen LogP contribution in [-0.2, 0) is 0 Å². The molecular weight excluding hydrogens is 230 g/mol. The molecule has 13 heavy (non-hydrogen) atoms. The van der Waals surface area contributed by atoms with Crippen molar-refractivity contribution in [3.05, 3.63) is 39.7 Å². The van der Waals surface area contributed by atoms with Gasteiger partial charge in [0.15, 0.2) is 0 Å². The zero-order valence-electron chi connectivity index (χ0n) is 6.73. The monoisotopic (exact) mass is 237 g/mol. The van der Waals surface area contributed by atoms with Crippen molar-refractivity contribution in [3.8, 4) is 0 Å². The molecule has 1 aromatic carbocycles. The Morgan fingerprint density at radius 3 is 2.31 bits per heavy atom. The normalized spacial score (nSPS) is 13.0. The minimum atomic E-state index is -0.348. The van der Waals surface area contributed by atoms with Gasteiger partial charge >= 0.3 is 0 Å². The Morgan fingerprint density at radius 1 is 1.23 bits per heavy atom. The maximum Gasteiger partial charge on any atom is 0.0642 e. The van der Waals surface area contributed by atoms with Crippen molar-refractivity contribution in [2.24, 2.45) is 0 Å². The van der Waals surface area contributed by atoms with Gasteiger partial charge in [0.2, 0.25) is 0 Å². The summed E-state index contributed by atoms with van der Waals surface area (Å²) in [5.41, 5.74) is 0.596. The van der Waals surface area contributed by atoms with Crippen LogP contribution in [0.25, 0.3) is 0 Å². The summed E-state index contributed by atoms with van der Waals surface area (Å²) in [6.45, 7) is 3.60. The number of hydrogen-bond donors (Lipinski definition) is 1. The maximum atomic E-state index is 8.91. The van der Waals surface area contributed by atoms with Crippen LogP contribution in [0.1, 0.15) is 11.5 Å². The zero-order valence-corrected chi connectivity index (χ0v) is 9.00. The number of rotatable bonds is 2. The van der Waals surface area contributed by atoms with E-state index in [-0.39, 0.29) is 12.5 Å². The maximum absolute atomic E-state index is 8.91. The minimum absolute atomic E-state index is 0.111. The van der Waals surface area contributed by atoms with E-state index >= 15 is 0 Å². The van der Waals surface area contributed by atoms with E-state index in [0.29, 0.717) is 20.6 Å². The first-order chi connectivity index (χ1) is 6.07. The molecule has 71 valence electrons. The lowest BCUT2D eigenvalue weighted by Gasteiger charge is -2.13. The Morgan fingerprint density at radius 2 is 1.77 bits per heavy atom. The van der Waals surface area contributed by atoms with E-state index in [9.17, 15) is 0 Å². The molecule has 1 radical (unpaired) electrons.